The lowest BCUT2D eigenvalue weighted by molar-refractivity contribution is -0.165. The van der Waals surface area contributed by atoms with Crippen LogP contribution in [-0.2, 0) is 29.2 Å². The normalized spacial score (nSPS) is 15.3. The first-order valence-electron chi connectivity index (χ1n) is 5.24. The van der Waals surface area contributed by atoms with Crippen LogP contribution in [0.25, 0.3) is 0 Å². The van der Waals surface area contributed by atoms with E-state index < -0.39 is 43.9 Å². The van der Waals surface area contributed by atoms with Crippen LogP contribution in [0.1, 0.15) is 20.3 Å². The van der Waals surface area contributed by atoms with Crippen LogP contribution in [0.15, 0.2) is 0 Å². The molecule has 0 spiro atoms. The molecular weight excluding hydrogens is 417 g/mol. The van der Waals surface area contributed by atoms with Gasteiger partial charge in [-0.3, -0.25) is 9.35 Å². The van der Waals surface area contributed by atoms with Crippen molar-refractivity contribution in [3.05, 3.63) is 0 Å². The van der Waals surface area contributed by atoms with E-state index >= 15 is 0 Å². The van der Waals surface area contributed by atoms with Gasteiger partial charge in [0.1, 0.15) is 16.6 Å². The first-order valence-corrected chi connectivity index (χ1v) is 7.76. The summed E-state index contributed by atoms with van der Waals surface area (Å²) in [6.45, 7) is 2.06. The Morgan fingerprint density at radius 3 is 1.95 bits per heavy atom. The number of carbonyl (C=O) groups is 2. The fraction of sp³-hybridized carbons (Fsp3) is 0.778. The molecular formula is C9H13F2IO7S. The van der Waals surface area contributed by atoms with Crippen LogP contribution in [0.5, 0.6) is 0 Å². The zero-order valence-corrected chi connectivity index (χ0v) is 13.5. The van der Waals surface area contributed by atoms with Gasteiger partial charge in [0.2, 0.25) is 0 Å². The second kappa shape index (κ2) is 6.93. The smallest absolute Gasteiger partial charge is 0.461 e. The van der Waals surface area contributed by atoms with Crippen molar-refractivity contribution in [2.45, 2.75) is 28.9 Å². The summed E-state index contributed by atoms with van der Waals surface area (Å²) in [5, 5.41) is -5.06. The van der Waals surface area contributed by atoms with Crippen molar-refractivity contribution in [2.75, 3.05) is 13.2 Å². The molecule has 0 fully saturated rings. The van der Waals surface area contributed by atoms with Crippen molar-refractivity contribution < 1.29 is 40.8 Å². The largest absolute Gasteiger partial charge is 0.465 e. The highest BCUT2D eigenvalue weighted by Gasteiger charge is 2.54. The monoisotopic (exact) mass is 430 g/mol. The van der Waals surface area contributed by atoms with Crippen molar-refractivity contribution in [3.8, 4) is 0 Å². The minimum atomic E-state index is -5.90. The van der Waals surface area contributed by atoms with Gasteiger partial charge in [0, 0.05) is 0 Å². The summed E-state index contributed by atoms with van der Waals surface area (Å²) in [5.41, 5.74) is 0. The number of hydrogen-bond acceptors (Lipinski definition) is 6. The Balaban J connectivity index is 4.29. The van der Waals surface area contributed by atoms with Crippen LogP contribution in [0.3, 0.4) is 0 Å². The predicted octanol–water partition coefficient (Wildman–Crippen LogP) is 1.16. The third kappa shape index (κ3) is 5.09. The maximum atomic E-state index is 12.7. The van der Waals surface area contributed by atoms with E-state index in [9.17, 15) is 26.8 Å². The van der Waals surface area contributed by atoms with E-state index in [1.165, 1.54) is 0 Å². The summed E-state index contributed by atoms with van der Waals surface area (Å²) in [4.78, 5) is 22.2. The number of rotatable bonds is 7. The van der Waals surface area contributed by atoms with Crippen LogP contribution >= 0.6 is 22.6 Å². The van der Waals surface area contributed by atoms with Gasteiger partial charge in [0.15, 0.2) is 0 Å². The molecule has 1 N–H and O–H groups in total. The van der Waals surface area contributed by atoms with Gasteiger partial charge in [-0.25, -0.2) is 4.79 Å². The summed E-state index contributed by atoms with van der Waals surface area (Å²) >= 11 is 1.84. The van der Waals surface area contributed by atoms with E-state index in [2.05, 4.69) is 9.47 Å². The number of ether oxygens (including phenoxy) is 2. The van der Waals surface area contributed by atoms with E-state index in [0.717, 1.165) is 0 Å². The molecule has 0 aromatic heterocycles. The molecule has 20 heavy (non-hydrogen) atoms. The Morgan fingerprint density at radius 2 is 1.60 bits per heavy atom. The van der Waals surface area contributed by atoms with Gasteiger partial charge in [-0.15, -0.1) is 0 Å². The molecule has 0 radical (unpaired) electrons. The molecule has 0 aromatic carbocycles. The molecule has 0 rings (SSSR count). The van der Waals surface area contributed by atoms with E-state index in [1.807, 2.05) is 22.6 Å². The minimum absolute atomic E-state index is 0.465. The summed E-state index contributed by atoms with van der Waals surface area (Å²) in [6.07, 6.45) is 0.465. The van der Waals surface area contributed by atoms with Crippen molar-refractivity contribution in [2.24, 2.45) is 0 Å². The molecule has 0 bridgehead atoms. The number of carbonyl (C=O) groups excluding carboxylic acids is 2. The van der Waals surface area contributed by atoms with Crippen LogP contribution in [0.4, 0.5) is 8.78 Å². The van der Waals surface area contributed by atoms with E-state index in [0.29, 0.717) is 6.42 Å². The average Bonchev–Trinajstić information content (AvgIpc) is 2.32. The lowest BCUT2D eigenvalue weighted by atomic mass is 10.1. The van der Waals surface area contributed by atoms with Gasteiger partial charge >= 0.3 is 27.3 Å². The molecule has 0 saturated carbocycles. The van der Waals surface area contributed by atoms with Crippen LogP contribution in [0.2, 0.25) is 0 Å². The zero-order chi connectivity index (χ0) is 16.2. The fourth-order valence-electron chi connectivity index (χ4n) is 0.753. The Bertz CT molecular complexity index is 475. The van der Waals surface area contributed by atoms with Gasteiger partial charge in [0.05, 0.1) is 0 Å². The van der Waals surface area contributed by atoms with Gasteiger partial charge in [0.25, 0.3) is 0 Å². The zero-order valence-electron chi connectivity index (χ0n) is 10.6. The highest BCUT2D eigenvalue weighted by atomic mass is 127. The molecule has 7 nitrogen and oxygen atoms in total. The molecule has 0 aliphatic carbocycles. The van der Waals surface area contributed by atoms with Crippen LogP contribution in [-0.4, -0.2) is 46.8 Å². The number of hydrogen-bond donors (Lipinski definition) is 1. The standard InChI is InChI=1S/C9H13F2IO7S/c1-3-8(2,12)6(13)18-4-5-19-7(14)9(10,11)20(15,16)17/h3-5H2,1-2H3,(H,15,16,17). The number of halogens is 3. The molecule has 1 unspecified atom stereocenters. The Kier molecular flexibility index (Phi) is 6.74. The van der Waals surface area contributed by atoms with Gasteiger partial charge in [-0.2, -0.15) is 17.2 Å². The highest BCUT2D eigenvalue weighted by Crippen LogP contribution is 2.24. The van der Waals surface area contributed by atoms with E-state index in [4.69, 9.17) is 4.55 Å². The van der Waals surface area contributed by atoms with Gasteiger partial charge in [-0.05, 0) is 13.3 Å². The van der Waals surface area contributed by atoms with Crippen molar-refractivity contribution in [1.82, 2.24) is 0 Å². The third-order valence-corrected chi connectivity index (χ3v) is 4.22. The summed E-state index contributed by atoms with van der Waals surface area (Å²) in [7, 11) is -5.90. The van der Waals surface area contributed by atoms with Crippen molar-refractivity contribution in [1.29, 1.82) is 0 Å². The third-order valence-electron chi connectivity index (χ3n) is 2.20. The Morgan fingerprint density at radius 1 is 1.20 bits per heavy atom. The van der Waals surface area contributed by atoms with Gasteiger partial charge < -0.3 is 9.47 Å². The second-order valence-corrected chi connectivity index (χ2v) is 7.66. The molecule has 0 aromatic rings. The first-order chi connectivity index (χ1) is 8.86. The van der Waals surface area contributed by atoms with E-state index in [1.54, 1.807) is 13.8 Å². The van der Waals surface area contributed by atoms with Crippen LogP contribution < -0.4 is 0 Å². The molecule has 0 aliphatic rings. The quantitative estimate of drug-likeness (QED) is 0.212. The lowest BCUT2D eigenvalue weighted by Crippen LogP contribution is -2.39. The molecule has 118 valence electrons. The topological polar surface area (TPSA) is 107 Å². The molecule has 0 amide bonds. The van der Waals surface area contributed by atoms with Crippen LogP contribution in [0, 0.1) is 0 Å². The van der Waals surface area contributed by atoms with Gasteiger partial charge in [-0.1, -0.05) is 29.5 Å². The minimum Gasteiger partial charge on any atom is -0.461 e. The second-order valence-electron chi connectivity index (χ2n) is 3.81. The molecule has 0 aliphatic heterocycles. The van der Waals surface area contributed by atoms with Crippen molar-refractivity contribution in [3.63, 3.8) is 0 Å². The fourth-order valence-corrected chi connectivity index (χ4v) is 1.18. The highest BCUT2D eigenvalue weighted by molar-refractivity contribution is 14.1. The summed E-state index contributed by atoms with van der Waals surface area (Å²) < 4.78 is 61.8. The first kappa shape index (κ1) is 19.4. The maximum Gasteiger partial charge on any atom is 0.465 e. The predicted molar refractivity (Wildman–Crippen MR) is 71.1 cm³/mol. The SMILES string of the molecule is CCC(C)(I)C(=O)OCCOC(=O)C(F)(F)S(=O)(=O)O. The van der Waals surface area contributed by atoms with Crippen molar-refractivity contribution >= 4 is 44.6 Å². The number of esters is 2. The molecule has 11 heteroatoms. The molecule has 0 saturated heterocycles. The molecule has 1 atom stereocenters. The maximum absolute atomic E-state index is 12.7. The lowest BCUT2D eigenvalue weighted by Gasteiger charge is -2.18. The Hall–Kier alpha value is -0.560. The van der Waals surface area contributed by atoms with E-state index in [-0.39, 0.29) is 0 Å². The number of alkyl halides is 3. The Labute approximate surface area is 127 Å². The molecule has 0 heterocycles. The average molecular weight is 430 g/mol. The summed E-state index contributed by atoms with van der Waals surface area (Å²) in [5.74, 6) is -3.07. The summed E-state index contributed by atoms with van der Waals surface area (Å²) in [6, 6.07) is 0.